The highest BCUT2D eigenvalue weighted by Crippen LogP contribution is 2.31. The first kappa shape index (κ1) is 15.3. The lowest BCUT2D eigenvalue weighted by molar-refractivity contribution is -0.149. The fraction of sp³-hybridized carbons (Fsp3) is 0.500. The summed E-state index contributed by atoms with van der Waals surface area (Å²) in [5.74, 6) is 0.0104. The Morgan fingerprint density at radius 2 is 2.09 bits per heavy atom. The summed E-state index contributed by atoms with van der Waals surface area (Å²) in [6.07, 6.45) is 1.02. The van der Waals surface area contributed by atoms with Gasteiger partial charge in [0, 0.05) is 19.5 Å². The first-order valence-corrected chi connectivity index (χ1v) is 8.49. The highest BCUT2D eigenvalue weighted by Gasteiger charge is 2.48. The van der Waals surface area contributed by atoms with Gasteiger partial charge in [-0.25, -0.2) is 4.79 Å². The molecule has 1 aromatic carbocycles. The highest BCUT2D eigenvalue weighted by molar-refractivity contribution is 7.87. The van der Waals surface area contributed by atoms with Crippen molar-refractivity contribution in [3.63, 3.8) is 0 Å². The van der Waals surface area contributed by atoms with Crippen LogP contribution in [0.25, 0.3) is 0 Å². The van der Waals surface area contributed by atoms with Gasteiger partial charge in [-0.15, -0.1) is 0 Å². The summed E-state index contributed by atoms with van der Waals surface area (Å²) in [6, 6.07) is 7.25. The van der Waals surface area contributed by atoms with Crippen LogP contribution >= 0.6 is 0 Å². The van der Waals surface area contributed by atoms with Crippen molar-refractivity contribution in [3.8, 4) is 5.75 Å². The molecule has 1 aromatic rings. The van der Waals surface area contributed by atoms with Crippen LogP contribution in [0.5, 0.6) is 5.75 Å². The van der Waals surface area contributed by atoms with Gasteiger partial charge in [0.1, 0.15) is 12.4 Å². The number of carbonyl (C=O) groups excluding carboxylic acids is 1. The minimum absolute atomic E-state index is 0.0935. The summed E-state index contributed by atoms with van der Waals surface area (Å²) < 4.78 is 39.0. The maximum absolute atomic E-state index is 12.4. The molecule has 0 aromatic heterocycles. The van der Waals surface area contributed by atoms with Crippen LogP contribution in [0.4, 0.5) is 0 Å². The Hall–Kier alpha value is -1.64. The van der Waals surface area contributed by atoms with Gasteiger partial charge in [0.2, 0.25) is 0 Å². The second-order valence-electron chi connectivity index (χ2n) is 5.51. The minimum atomic E-state index is -3.74. The Morgan fingerprint density at radius 3 is 2.73 bits per heavy atom. The van der Waals surface area contributed by atoms with Crippen LogP contribution in [-0.4, -0.2) is 51.0 Å². The second-order valence-corrected chi connectivity index (χ2v) is 7.18. The zero-order valence-corrected chi connectivity index (χ0v) is 13.1. The number of ether oxygens (including phenoxy) is 2. The first-order chi connectivity index (χ1) is 10.5. The van der Waals surface area contributed by atoms with Gasteiger partial charge in [0.15, 0.2) is 5.54 Å². The molecule has 0 bridgehead atoms. The molecule has 0 amide bonds. The fourth-order valence-electron chi connectivity index (χ4n) is 2.64. The van der Waals surface area contributed by atoms with E-state index in [1.807, 2.05) is 18.2 Å². The van der Waals surface area contributed by atoms with E-state index in [1.165, 1.54) is 11.4 Å². The topological polar surface area (TPSA) is 84.9 Å². The monoisotopic (exact) mass is 326 g/mol. The van der Waals surface area contributed by atoms with Crippen molar-refractivity contribution in [2.75, 3.05) is 26.8 Å². The Morgan fingerprint density at radius 1 is 1.36 bits per heavy atom. The van der Waals surface area contributed by atoms with E-state index in [4.69, 9.17) is 9.47 Å². The Kier molecular flexibility index (Phi) is 3.84. The van der Waals surface area contributed by atoms with Gasteiger partial charge in [-0.3, -0.25) is 0 Å². The van der Waals surface area contributed by atoms with Gasteiger partial charge >= 0.3 is 5.97 Å². The van der Waals surface area contributed by atoms with E-state index < -0.39 is 21.7 Å². The summed E-state index contributed by atoms with van der Waals surface area (Å²) in [7, 11) is -2.50. The lowest BCUT2D eigenvalue weighted by Crippen LogP contribution is -2.65. The lowest BCUT2D eigenvalue weighted by Gasteiger charge is -2.39. The highest BCUT2D eigenvalue weighted by atomic mass is 32.2. The first-order valence-electron chi connectivity index (χ1n) is 7.05. The number of methoxy groups -OCH3 is 1. The standard InChI is InChI=1S/C14H18N2O5S/c1-20-13(17)14(15-22(18,19)16-7-4-8-16)9-11-5-2-3-6-12(11)21-10-14/h2-3,5-6,15H,4,7-10H2,1H3. The number of hydrogen-bond donors (Lipinski definition) is 1. The minimum Gasteiger partial charge on any atom is -0.491 e. The summed E-state index contributed by atoms with van der Waals surface area (Å²) in [6.45, 7) is 0.831. The van der Waals surface area contributed by atoms with Gasteiger partial charge in [0.25, 0.3) is 10.2 Å². The number of benzene rings is 1. The molecule has 8 heteroatoms. The summed E-state index contributed by atoms with van der Waals surface area (Å²) >= 11 is 0. The zero-order valence-electron chi connectivity index (χ0n) is 12.2. The van der Waals surface area contributed by atoms with E-state index in [9.17, 15) is 13.2 Å². The van der Waals surface area contributed by atoms with E-state index >= 15 is 0 Å². The summed E-state index contributed by atoms with van der Waals surface area (Å²) in [5, 5.41) is 0. The molecule has 7 nitrogen and oxygen atoms in total. The van der Waals surface area contributed by atoms with E-state index in [1.54, 1.807) is 6.07 Å². The largest absolute Gasteiger partial charge is 0.491 e. The predicted octanol–water partition coefficient (Wildman–Crippen LogP) is 0.0734. The van der Waals surface area contributed by atoms with Gasteiger partial charge in [-0.05, 0) is 18.1 Å². The van der Waals surface area contributed by atoms with E-state index in [0.29, 0.717) is 18.8 Å². The molecule has 3 rings (SSSR count). The van der Waals surface area contributed by atoms with Crippen molar-refractivity contribution >= 4 is 16.2 Å². The average Bonchev–Trinajstić information content (AvgIpc) is 2.43. The molecule has 2 heterocycles. The molecule has 0 radical (unpaired) electrons. The third-order valence-electron chi connectivity index (χ3n) is 3.99. The van der Waals surface area contributed by atoms with Crippen molar-refractivity contribution in [1.29, 1.82) is 0 Å². The smallest absolute Gasteiger partial charge is 0.331 e. The third kappa shape index (κ3) is 2.57. The number of para-hydroxylation sites is 1. The number of nitrogens with one attached hydrogen (secondary N) is 1. The second kappa shape index (κ2) is 5.53. The van der Waals surface area contributed by atoms with Crippen molar-refractivity contribution < 1.29 is 22.7 Å². The van der Waals surface area contributed by atoms with Crippen molar-refractivity contribution in [1.82, 2.24) is 9.03 Å². The number of esters is 1. The molecule has 22 heavy (non-hydrogen) atoms. The molecule has 1 fully saturated rings. The molecule has 1 saturated heterocycles. The van der Waals surface area contributed by atoms with Gasteiger partial charge in [-0.1, -0.05) is 18.2 Å². The quantitative estimate of drug-likeness (QED) is 0.792. The van der Waals surface area contributed by atoms with Gasteiger partial charge < -0.3 is 9.47 Å². The van der Waals surface area contributed by atoms with Gasteiger partial charge in [0.05, 0.1) is 7.11 Å². The van der Waals surface area contributed by atoms with Crippen LogP contribution in [0.15, 0.2) is 24.3 Å². The molecular formula is C14H18N2O5S. The Balaban J connectivity index is 1.92. The normalized spacial score (nSPS) is 24.8. The number of nitrogens with zero attached hydrogens (tertiary/aromatic N) is 1. The fourth-order valence-corrected chi connectivity index (χ4v) is 4.22. The van der Waals surface area contributed by atoms with Crippen LogP contribution in [0.2, 0.25) is 0 Å². The maximum Gasteiger partial charge on any atom is 0.331 e. The molecule has 2 aliphatic heterocycles. The number of rotatable bonds is 4. The average molecular weight is 326 g/mol. The molecule has 0 aliphatic carbocycles. The molecule has 120 valence electrons. The number of carbonyl (C=O) groups is 1. The molecule has 1 unspecified atom stereocenters. The van der Waals surface area contributed by atoms with Crippen molar-refractivity contribution in [2.45, 2.75) is 18.4 Å². The Labute approximate surface area is 129 Å². The molecule has 0 spiro atoms. The summed E-state index contributed by atoms with van der Waals surface area (Å²) in [5.41, 5.74) is -0.664. The van der Waals surface area contributed by atoms with Crippen molar-refractivity contribution in [2.24, 2.45) is 0 Å². The SMILES string of the molecule is COC(=O)C1(NS(=O)(=O)N2CCC2)COc2ccccc2C1. The molecule has 2 aliphatic rings. The van der Waals surface area contributed by atoms with Crippen LogP contribution in [0, 0.1) is 0 Å². The molecule has 1 N–H and O–H groups in total. The van der Waals surface area contributed by atoms with E-state index in [2.05, 4.69) is 4.72 Å². The molecular weight excluding hydrogens is 308 g/mol. The van der Waals surface area contributed by atoms with Crippen molar-refractivity contribution in [3.05, 3.63) is 29.8 Å². The predicted molar refractivity (Wildman–Crippen MR) is 78.6 cm³/mol. The Bertz CT molecular complexity index is 686. The van der Waals surface area contributed by atoms with Crippen LogP contribution in [-0.2, 0) is 26.2 Å². The lowest BCUT2D eigenvalue weighted by atomic mass is 9.90. The number of hydrogen-bond acceptors (Lipinski definition) is 5. The van der Waals surface area contributed by atoms with E-state index in [0.717, 1.165) is 12.0 Å². The van der Waals surface area contributed by atoms with E-state index in [-0.39, 0.29) is 13.0 Å². The van der Waals surface area contributed by atoms with Gasteiger partial charge in [-0.2, -0.15) is 17.4 Å². The number of fused-ring (bicyclic) bond motifs is 1. The van der Waals surface area contributed by atoms with Crippen LogP contribution in [0.1, 0.15) is 12.0 Å². The third-order valence-corrected chi connectivity index (χ3v) is 5.69. The van der Waals surface area contributed by atoms with Crippen LogP contribution in [0.3, 0.4) is 0 Å². The van der Waals surface area contributed by atoms with Crippen LogP contribution < -0.4 is 9.46 Å². The maximum atomic E-state index is 12.4. The molecule has 1 atom stereocenters. The zero-order chi connectivity index (χ0) is 15.8. The molecule has 0 saturated carbocycles. The summed E-state index contributed by atoms with van der Waals surface area (Å²) in [4.78, 5) is 12.3.